The van der Waals surface area contributed by atoms with Crippen LogP contribution in [0.3, 0.4) is 0 Å². The van der Waals surface area contributed by atoms with Crippen LogP contribution >= 0.6 is 11.8 Å². The van der Waals surface area contributed by atoms with Crippen molar-refractivity contribution in [3.63, 3.8) is 0 Å². The average Bonchev–Trinajstić information content (AvgIpc) is 3.37. The molecular weight excluding hydrogens is 444 g/mol. The molecule has 0 aliphatic heterocycles. The van der Waals surface area contributed by atoms with E-state index in [2.05, 4.69) is 10.2 Å². The van der Waals surface area contributed by atoms with Crippen LogP contribution in [0.4, 0.5) is 0 Å². The van der Waals surface area contributed by atoms with Crippen LogP contribution in [-0.2, 0) is 22.8 Å². The number of hydrogen-bond donors (Lipinski definition) is 0. The molecule has 0 amide bonds. The first-order valence-corrected chi connectivity index (χ1v) is 12.8. The summed E-state index contributed by atoms with van der Waals surface area (Å²) in [4.78, 5) is 4.97. The van der Waals surface area contributed by atoms with Crippen molar-refractivity contribution in [1.82, 2.24) is 28.5 Å². The van der Waals surface area contributed by atoms with Crippen molar-refractivity contribution in [2.75, 3.05) is 13.1 Å². The van der Waals surface area contributed by atoms with E-state index in [1.807, 2.05) is 67.4 Å². The predicted octanol–water partition coefficient (Wildman–Crippen LogP) is 3.76. The van der Waals surface area contributed by atoms with E-state index in [1.165, 1.54) is 4.31 Å². The van der Waals surface area contributed by atoms with Crippen LogP contribution in [-0.4, -0.2) is 50.0 Å². The molecule has 0 atom stereocenters. The molecule has 0 saturated heterocycles. The second kappa shape index (κ2) is 9.05. The molecule has 0 aliphatic rings. The number of fused-ring (bicyclic) bond motifs is 1. The minimum Gasteiger partial charge on any atom is -0.307 e. The summed E-state index contributed by atoms with van der Waals surface area (Å²) in [6.07, 6.45) is 4.01. The van der Waals surface area contributed by atoms with E-state index in [-0.39, 0.29) is 4.90 Å². The third-order valence-electron chi connectivity index (χ3n) is 5.35. The molecule has 0 N–H and O–H groups in total. The van der Waals surface area contributed by atoms with Gasteiger partial charge in [0.2, 0.25) is 10.0 Å². The summed E-state index contributed by atoms with van der Waals surface area (Å²) >= 11 is 1.55. The highest BCUT2D eigenvalue weighted by Crippen LogP contribution is 2.27. The fourth-order valence-corrected chi connectivity index (χ4v) is 5.91. The lowest BCUT2D eigenvalue weighted by molar-refractivity contribution is 0.445. The summed E-state index contributed by atoms with van der Waals surface area (Å²) in [6.45, 7) is 6.57. The average molecular weight is 471 g/mol. The van der Waals surface area contributed by atoms with Gasteiger partial charge in [-0.1, -0.05) is 43.8 Å². The van der Waals surface area contributed by atoms with Gasteiger partial charge in [-0.3, -0.25) is 0 Å². The van der Waals surface area contributed by atoms with Crippen LogP contribution in [0.5, 0.6) is 0 Å². The van der Waals surface area contributed by atoms with Gasteiger partial charge in [-0.2, -0.15) is 4.31 Å². The molecule has 32 heavy (non-hydrogen) atoms. The summed E-state index contributed by atoms with van der Waals surface area (Å²) in [5.41, 5.74) is 3.75. The summed E-state index contributed by atoms with van der Waals surface area (Å²) in [7, 11) is -1.65. The van der Waals surface area contributed by atoms with Crippen molar-refractivity contribution < 1.29 is 8.42 Å². The molecule has 0 fully saturated rings. The smallest absolute Gasteiger partial charge is 0.243 e. The fourth-order valence-electron chi connectivity index (χ4n) is 3.61. The van der Waals surface area contributed by atoms with E-state index in [1.54, 1.807) is 30.0 Å². The third-order valence-corrected chi connectivity index (χ3v) is 8.45. The lowest BCUT2D eigenvalue weighted by Crippen LogP contribution is -2.30. The number of thioether (sulfide) groups is 1. The highest BCUT2D eigenvalue weighted by Gasteiger charge is 2.22. The maximum Gasteiger partial charge on any atom is 0.243 e. The number of aryl methyl sites for hydroxylation is 1. The Labute approximate surface area is 192 Å². The Morgan fingerprint density at radius 3 is 2.59 bits per heavy atom. The van der Waals surface area contributed by atoms with E-state index in [0.29, 0.717) is 30.2 Å². The zero-order valence-electron chi connectivity index (χ0n) is 18.6. The molecule has 0 saturated carbocycles. The van der Waals surface area contributed by atoms with Gasteiger partial charge in [0.25, 0.3) is 0 Å². The first kappa shape index (κ1) is 22.5. The number of nitrogens with zero attached hydrogens (tertiary/aromatic N) is 6. The van der Waals surface area contributed by atoms with Gasteiger partial charge in [0.05, 0.1) is 10.6 Å². The second-order valence-electron chi connectivity index (χ2n) is 7.43. The number of imidazole rings is 1. The van der Waals surface area contributed by atoms with Crippen molar-refractivity contribution >= 4 is 27.4 Å². The number of aromatic nitrogens is 5. The van der Waals surface area contributed by atoms with Gasteiger partial charge in [-0.05, 0) is 30.7 Å². The summed E-state index contributed by atoms with van der Waals surface area (Å²) in [5.74, 6) is 1.28. The quantitative estimate of drug-likeness (QED) is 0.365. The third kappa shape index (κ3) is 4.17. The van der Waals surface area contributed by atoms with Crippen LogP contribution < -0.4 is 0 Å². The van der Waals surface area contributed by atoms with E-state index in [0.717, 1.165) is 22.1 Å². The molecule has 8 nitrogen and oxygen atoms in total. The minimum atomic E-state index is -3.54. The van der Waals surface area contributed by atoms with Crippen LogP contribution in [0, 0.1) is 6.92 Å². The van der Waals surface area contributed by atoms with Gasteiger partial charge >= 0.3 is 0 Å². The topological polar surface area (TPSA) is 85.4 Å². The predicted molar refractivity (Wildman–Crippen MR) is 126 cm³/mol. The first-order chi connectivity index (χ1) is 15.3. The zero-order valence-corrected chi connectivity index (χ0v) is 20.2. The lowest BCUT2D eigenvalue weighted by atomic mass is 10.2. The standard InChI is InChI=1S/C22H26N6O2S2/c1-5-28(6-2)32(29,30)19-11-7-10-17(13-19)21-24-25-22(26(21)4)31-15-18-14-27-12-8-9-16(3)20(27)23-18/h7-14H,5-6,15H2,1-4H3. The Kier molecular flexibility index (Phi) is 6.36. The van der Waals surface area contributed by atoms with Crippen molar-refractivity contribution in [2.45, 2.75) is 36.6 Å². The Bertz CT molecular complexity index is 1360. The molecule has 0 bridgehead atoms. The van der Waals surface area contributed by atoms with E-state index < -0.39 is 10.0 Å². The normalized spacial score (nSPS) is 12.2. The van der Waals surface area contributed by atoms with Crippen molar-refractivity contribution in [2.24, 2.45) is 7.05 Å². The summed E-state index contributed by atoms with van der Waals surface area (Å²) in [5, 5.41) is 9.38. The first-order valence-electron chi connectivity index (χ1n) is 10.4. The second-order valence-corrected chi connectivity index (χ2v) is 10.3. The number of sulfonamides is 1. The Morgan fingerprint density at radius 2 is 1.88 bits per heavy atom. The van der Waals surface area contributed by atoms with Crippen molar-refractivity contribution in [3.8, 4) is 11.4 Å². The van der Waals surface area contributed by atoms with Crippen LogP contribution in [0.15, 0.2) is 58.8 Å². The molecule has 168 valence electrons. The highest BCUT2D eigenvalue weighted by molar-refractivity contribution is 7.98. The van der Waals surface area contributed by atoms with E-state index in [9.17, 15) is 8.42 Å². The van der Waals surface area contributed by atoms with Crippen LogP contribution in [0.25, 0.3) is 17.0 Å². The SMILES string of the molecule is CCN(CC)S(=O)(=O)c1cccc(-c2nnc(SCc3cn4cccc(C)c4n3)n2C)c1. The van der Waals surface area contributed by atoms with E-state index >= 15 is 0 Å². The van der Waals surface area contributed by atoms with Gasteiger partial charge < -0.3 is 8.97 Å². The van der Waals surface area contributed by atoms with E-state index in [4.69, 9.17) is 4.98 Å². The monoisotopic (exact) mass is 470 g/mol. The summed E-state index contributed by atoms with van der Waals surface area (Å²) < 4.78 is 31.1. The zero-order chi connectivity index (χ0) is 22.9. The molecule has 0 spiro atoms. The lowest BCUT2D eigenvalue weighted by Gasteiger charge is -2.18. The highest BCUT2D eigenvalue weighted by atomic mass is 32.2. The minimum absolute atomic E-state index is 0.260. The molecule has 3 heterocycles. The van der Waals surface area contributed by atoms with Gasteiger partial charge in [-0.25, -0.2) is 13.4 Å². The van der Waals surface area contributed by atoms with Gasteiger partial charge in [0.1, 0.15) is 5.65 Å². The Balaban J connectivity index is 1.57. The molecule has 0 aliphatic carbocycles. The Hall–Kier alpha value is -2.69. The largest absolute Gasteiger partial charge is 0.307 e. The van der Waals surface area contributed by atoms with Crippen molar-refractivity contribution in [1.29, 1.82) is 0 Å². The molecule has 0 radical (unpaired) electrons. The molecule has 4 rings (SSSR count). The molecule has 3 aromatic heterocycles. The van der Waals surface area contributed by atoms with Crippen LogP contribution in [0.1, 0.15) is 25.1 Å². The maximum atomic E-state index is 12.9. The van der Waals surface area contributed by atoms with Gasteiger partial charge in [0.15, 0.2) is 11.0 Å². The number of benzene rings is 1. The van der Waals surface area contributed by atoms with Crippen LogP contribution in [0.2, 0.25) is 0 Å². The molecule has 1 aromatic carbocycles. The maximum absolute atomic E-state index is 12.9. The fraction of sp³-hybridized carbons (Fsp3) is 0.318. The molecule has 4 aromatic rings. The molecular formula is C22H26N6O2S2. The number of pyridine rings is 1. The van der Waals surface area contributed by atoms with Crippen molar-refractivity contribution in [3.05, 3.63) is 60.0 Å². The molecule has 0 unspecified atom stereocenters. The number of hydrogen-bond acceptors (Lipinski definition) is 6. The van der Waals surface area contributed by atoms with Gasteiger partial charge in [-0.15, -0.1) is 10.2 Å². The summed E-state index contributed by atoms with van der Waals surface area (Å²) in [6, 6.07) is 10.9. The Morgan fingerprint density at radius 1 is 1.09 bits per heavy atom. The molecule has 10 heteroatoms. The van der Waals surface area contributed by atoms with Gasteiger partial charge in [0, 0.05) is 43.8 Å². The number of rotatable bonds is 8.